The highest BCUT2D eigenvalue weighted by molar-refractivity contribution is 7.89. The molecule has 0 aliphatic heterocycles. The quantitative estimate of drug-likeness (QED) is 0.782. The van der Waals surface area contributed by atoms with Crippen LogP contribution in [0, 0.1) is 0 Å². The zero-order valence-electron chi connectivity index (χ0n) is 8.66. The molecule has 0 amide bonds. The summed E-state index contributed by atoms with van der Waals surface area (Å²) in [5, 5.41) is 13.9. The number of carboxylic acids is 1. The van der Waals surface area contributed by atoms with Crippen molar-refractivity contribution in [1.82, 2.24) is 4.98 Å². The van der Waals surface area contributed by atoms with Crippen LogP contribution in [0.1, 0.15) is 23.2 Å². The second-order valence-corrected chi connectivity index (χ2v) is 5.18. The van der Waals surface area contributed by atoms with Crippen molar-refractivity contribution in [3.05, 3.63) is 18.0 Å². The molecule has 1 saturated carbocycles. The third kappa shape index (κ3) is 2.53. The molecular weight excluding hydrogens is 248 g/mol. The summed E-state index contributed by atoms with van der Waals surface area (Å²) in [5.41, 5.74) is -0.481. The number of nitrogens with zero attached hydrogens (tertiary/aromatic N) is 1. The SMILES string of the molecule is NS(=O)(=O)c1c(OC2CC2)cncc1C(=O)O. The molecule has 2 rings (SSSR count). The first kappa shape index (κ1) is 11.8. The first-order valence-corrected chi connectivity index (χ1v) is 6.35. The molecule has 0 bridgehead atoms. The van der Waals surface area contributed by atoms with Gasteiger partial charge in [-0.05, 0) is 12.8 Å². The summed E-state index contributed by atoms with van der Waals surface area (Å²) in [6.45, 7) is 0. The fourth-order valence-corrected chi connectivity index (χ4v) is 2.15. The van der Waals surface area contributed by atoms with Crippen molar-refractivity contribution in [2.45, 2.75) is 23.8 Å². The van der Waals surface area contributed by atoms with Gasteiger partial charge in [-0.15, -0.1) is 0 Å². The molecular formula is C9H10N2O5S. The molecule has 1 fully saturated rings. The van der Waals surface area contributed by atoms with Gasteiger partial charge in [-0.2, -0.15) is 0 Å². The summed E-state index contributed by atoms with van der Waals surface area (Å²) in [5.74, 6) is -1.52. The van der Waals surface area contributed by atoms with Crippen LogP contribution in [-0.2, 0) is 10.0 Å². The molecule has 0 radical (unpaired) electrons. The molecule has 0 saturated heterocycles. The number of carboxylic acid groups (broad SMARTS) is 1. The van der Waals surface area contributed by atoms with E-state index in [2.05, 4.69) is 4.98 Å². The summed E-state index contributed by atoms with van der Waals surface area (Å²) in [6.07, 6.45) is 3.62. The summed E-state index contributed by atoms with van der Waals surface area (Å²) < 4.78 is 28.1. The fraction of sp³-hybridized carbons (Fsp3) is 0.333. The predicted molar refractivity (Wildman–Crippen MR) is 56.2 cm³/mol. The van der Waals surface area contributed by atoms with E-state index in [0.717, 1.165) is 25.2 Å². The first-order valence-electron chi connectivity index (χ1n) is 4.80. The summed E-state index contributed by atoms with van der Waals surface area (Å²) in [6, 6.07) is 0. The molecule has 8 heteroatoms. The lowest BCUT2D eigenvalue weighted by atomic mass is 10.3. The highest BCUT2D eigenvalue weighted by Gasteiger charge is 2.30. The average molecular weight is 258 g/mol. The van der Waals surface area contributed by atoms with E-state index in [1.807, 2.05) is 0 Å². The van der Waals surface area contributed by atoms with Crippen LogP contribution < -0.4 is 9.88 Å². The normalized spacial score (nSPS) is 15.6. The number of rotatable bonds is 4. The number of nitrogens with two attached hydrogens (primary N) is 1. The Kier molecular flexibility index (Phi) is 2.76. The van der Waals surface area contributed by atoms with Gasteiger partial charge in [0.05, 0.1) is 12.3 Å². The van der Waals surface area contributed by atoms with Crippen LogP contribution in [0.4, 0.5) is 0 Å². The van der Waals surface area contributed by atoms with Crippen molar-refractivity contribution in [2.24, 2.45) is 5.14 Å². The largest absolute Gasteiger partial charge is 0.487 e. The summed E-state index contributed by atoms with van der Waals surface area (Å²) >= 11 is 0. The standard InChI is InChI=1S/C9H10N2O5S/c10-17(14,15)8-6(9(12)13)3-11-4-7(8)16-5-1-2-5/h3-5H,1-2H2,(H,12,13)(H2,10,14,15). The number of sulfonamides is 1. The zero-order valence-corrected chi connectivity index (χ0v) is 9.48. The van der Waals surface area contributed by atoms with Crippen molar-refractivity contribution in [2.75, 3.05) is 0 Å². The highest BCUT2D eigenvalue weighted by Crippen LogP contribution is 2.32. The van der Waals surface area contributed by atoms with Crippen LogP contribution in [0.25, 0.3) is 0 Å². The van der Waals surface area contributed by atoms with Gasteiger partial charge in [0.15, 0.2) is 5.75 Å². The van der Waals surface area contributed by atoms with Crippen molar-refractivity contribution >= 4 is 16.0 Å². The second-order valence-electron chi connectivity index (χ2n) is 3.68. The van der Waals surface area contributed by atoms with E-state index in [9.17, 15) is 13.2 Å². The Balaban J connectivity index is 2.57. The van der Waals surface area contributed by atoms with Crippen LogP contribution in [-0.4, -0.2) is 30.6 Å². The summed E-state index contributed by atoms with van der Waals surface area (Å²) in [4.78, 5) is 14.0. The lowest BCUT2D eigenvalue weighted by Gasteiger charge is -2.10. The lowest BCUT2D eigenvalue weighted by Crippen LogP contribution is -2.19. The van der Waals surface area contributed by atoms with Gasteiger partial charge in [0.25, 0.3) is 0 Å². The van der Waals surface area contributed by atoms with Crippen molar-refractivity contribution < 1.29 is 23.1 Å². The van der Waals surface area contributed by atoms with E-state index in [-0.39, 0.29) is 11.9 Å². The number of hydrogen-bond donors (Lipinski definition) is 2. The first-order chi connectivity index (χ1) is 7.89. The van der Waals surface area contributed by atoms with E-state index in [1.54, 1.807) is 0 Å². The van der Waals surface area contributed by atoms with E-state index >= 15 is 0 Å². The van der Waals surface area contributed by atoms with Gasteiger partial charge >= 0.3 is 5.97 Å². The minimum absolute atomic E-state index is 0.0821. The molecule has 92 valence electrons. The Hall–Kier alpha value is -1.67. The second kappa shape index (κ2) is 3.97. The minimum atomic E-state index is -4.17. The molecule has 1 aromatic heterocycles. The summed E-state index contributed by atoms with van der Waals surface area (Å²) in [7, 11) is -4.17. The predicted octanol–water partition coefficient (Wildman–Crippen LogP) is -0.0316. The maximum Gasteiger partial charge on any atom is 0.338 e. The number of aromatic carboxylic acids is 1. The maximum atomic E-state index is 11.4. The van der Waals surface area contributed by atoms with Gasteiger partial charge in [-0.3, -0.25) is 4.98 Å². The van der Waals surface area contributed by atoms with Gasteiger partial charge in [0.2, 0.25) is 10.0 Å². The molecule has 1 aliphatic carbocycles. The number of ether oxygens (including phenoxy) is 1. The van der Waals surface area contributed by atoms with Gasteiger partial charge < -0.3 is 9.84 Å². The molecule has 1 aliphatic rings. The third-order valence-corrected chi connectivity index (χ3v) is 3.19. The molecule has 1 aromatic rings. The molecule has 0 atom stereocenters. The minimum Gasteiger partial charge on any atom is -0.487 e. The lowest BCUT2D eigenvalue weighted by molar-refractivity contribution is 0.0691. The van der Waals surface area contributed by atoms with Crippen LogP contribution >= 0.6 is 0 Å². The van der Waals surface area contributed by atoms with Crippen LogP contribution in [0.2, 0.25) is 0 Å². The maximum absolute atomic E-state index is 11.4. The van der Waals surface area contributed by atoms with Crippen LogP contribution in [0.3, 0.4) is 0 Å². The Morgan fingerprint density at radius 2 is 2.12 bits per heavy atom. The molecule has 0 aromatic carbocycles. The Morgan fingerprint density at radius 1 is 1.47 bits per heavy atom. The van der Waals surface area contributed by atoms with E-state index < -0.39 is 26.5 Å². The monoisotopic (exact) mass is 258 g/mol. The van der Waals surface area contributed by atoms with Gasteiger partial charge in [-0.1, -0.05) is 0 Å². The Morgan fingerprint density at radius 3 is 2.59 bits per heavy atom. The number of pyridine rings is 1. The van der Waals surface area contributed by atoms with Gasteiger partial charge in [0.1, 0.15) is 10.5 Å². The van der Waals surface area contributed by atoms with E-state index in [4.69, 9.17) is 15.0 Å². The van der Waals surface area contributed by atoms with Gasteiger partial charge in [0, 0.05) is 6.20 Å². The van der Waals surface area contributed by atoms with Crippen LogP contribution in [0.5, 0.6) is 5.75 Å². The zero-order chi connectivity index (χ0) is 12.6. The fourth-order valence-electron chi connectivity index (χ4n) is 1.32. The van der Waals surface area contributed by atoms with Crippen LogP contribution in [0.15, 0.2) is 17.3 Å². The number of hydrogen-bond acceptors (Lipinski definition) is 5. The third-order valence-electron chi connectivity index (χ3n) is 2.20. The van der Waals surface area contributed by atoms with E-state index in [1.165, 1.54) is 0 Å². The molecule has 7 nitrogen and oxygen atoms in total. The Bertz CT molecular complexity index is 565. The topological polar surface area (TPSA) is 120 Å². The van der Waals surface area contributed by atoms with Crippen molar-refractivity contribution in [3.8, 4) is 5.75 Å². The molecule has 3 N–H and O–H groups in total. The van der Waals surface area contributed by atoms with E-state index in [0.29, 0.717) is 0 Å². The number of primary sulfonamides is 1. The molecule has 0 unspecified atom stereocenters. The highest BCUT2D eigenvalue weighted by atomic mass is 32.2. The average Bonchev–Trinajstić information content (AvgIpc) is 2.99. The number of aromatic nitrogens is 1. The molecule has 1 heterocycles. The van der Waals surface area contributed by atoms with Crippen molar-refractivity contribution in [1.29, 1.82) is 0 Å². The molecule has 17 heavy (non-hydrogen) atoms. The van der Waals surface area contributed by atoms with Crippen molar-refractivity contribution in [3.63, 3.8) is 0 Å². The molecule has 0 spiro atoms. The smallest absolute Gasteiger partial charge is 0.338 e. The number of carbonyl (C=O) groups is 1. The Labute approximate surface area is 97.3 Å². The van der Waals surface area contributed by atoms with Gasteiger partial charge in [-0.25, -0.2) is 18.4 Å².